The quantitative estimate of drug-likeness (QED) is 0.169. The summed E-state index contributed by atoms with van der Waals surface area (Å²) >= 11 is 3.32. The van der Waals surface area contributed by atoms with Crippen LogP contribution < -0.4 is 21.7 Å². The molecule has 2 unspecified atom stereocenters. The SMILES string of the molecule is CCOC(=O)C(O)C(NC(=O)CNC(=O)c1cccc(NC(=N)N)c1)c1cccc(Br)c1. The van der Waals surface area contributed by atoms with Crippen LogP contribution in [0.1, 0.15) is 28.9 Å². The number of rotatable bonds is 9. The number of hydrogen-bond acceptors (Lipinski definition) is 6. The van der Waals surface area contributed by atoms with Crippen LogP contribution >= 0.6 is 15.9 Å². The maximum Gasteiger partial charge on any atom is 0.337 e. The van der Waals surface area contributed by atoms with Crippen molar-refractivity contribution < 1.29 is 24.2 Å². The minimum absolute atomic E-state index is 0.0721. The molecule has 0 aliphatic rings. The number of halogens is 1. The van der Waals surface area contributed by atoms with Gasteiger partial charge >= 0.3 is 5.97 Å². The first kappa shape index (κ1) is 24.8. The summed E-state index contributed by atoms with van der Waals surface area (Å²) in [6.45, 7) is 1.28. The number of hydrogen-bond donors (Lipinski definition) is 6. The number of nitrogens with one attached hydrogen (secondary N) is 4. The lowest BCUT2D eigenvalue weighted by atomic mass is 10.0. The second-order valence-electron chi connectivity index (χ2n) is 6.60. The molecule has 0 fully saturated rings. The van der Waals surface area contributed by atoms with E-state index in [-0.39, 0.29) is 18.1 Å². The van der Waals surface area contributed by atoms with Gasteiger partial charge < -0.3 is 31.5 Å². The number of benzene rings is 2. The molecular formula is C21H24BrN5O5. The van der Waals surface area contributed by atoms with Gasteiger partial charge in [0.1, 0.15) is 0 Å². The van der Waals surface area contributed by atoms with E-state index in [1.54, 1.807) is 43.3 Å². The maximum absolute atomic E-state index is 12.5. The van der Waals surface area contributed by atoms with Crippen molar-refractivity contribution in [2.24, 2.45) is 5.73 Å². The lowest BCUT2D eigenvalue weighted by Crippen LogP contribution is -2.45. The number of aliphatic hydroxyl groups is 1. The Hall–Kier alpha value is -3.44. The molecule has 0 radical (unpaired) electrons. The van der Waals surface area contributed by atoms with Crippen LogP contribution in [0.2, 0.25) is 0 Å². The molecule has 7 N–H and O–H groups in total. The van der Waals surface area contributed by atoms with Gasteiger partial charge in [-0.1, -0.05) is 34.1 Å². The molecule has 0 aliphatic carbocycles. The number of nitrogens with two attached hydrogens (primary N) is 1. The normalized spacial score (nSPS) is 12.2. The Balaban J connectivity index is 2.07. The molecule has 2 rings (SSSR count). The third-order valence-electron chi connectivity index (χ3n) is 4.18. The average Bonchev–Trinajstić information content (AvgIpc) is 2.75. The smallest absolute Gasteiger partial charge is 0.337 e. The van der Waals surface area contributed by atoms with Crippen molar-refractivity contribution in [1.29, 1.82) is 5.41 Å². The second kappa shape index (κ2) is 11.8. The highest BCUT2D eigenvalue weighted by Crippen LogP contribution is 2.22. The number of carbonyl (C=O) groups excluding carboxylic acids is 3. The van der Waals surface area contributed by atoms with Gasteiger partial charge in [0.15, 0.2) is 12.1 Å². The van der Waals surface area contributed by atoms with Gasteiger partial charge in [0.05, 0.1) is 19.2 Å². The Morgan fingerprint density at radius 1 is 1.19 bits per heavy atom. The van der Waals surface area contributed by atoms with Crippen LogP contribution in [-0.4, -0.2) is 48.1 Å². The van der Waals surface area contributed by atoms with Crippen LogP contribution in [0, 0.1) is 5.41 Å². The summed E-state index contributed by atoms with van der Waals surface area (Å²) in [6.07, 6.45) is -1.64. The number of guanidine groups is 1. The van der Waals surface area contributed by atoms with Crippen molar-refractivity contribution in [3.8, 4) is 0 Å². The monoisotopic (exact) mass is 505 g/mol. The van der Waals surface area contributed by atoms with E-state index in [1.807, 2.05) is 0 Å². The predicted octanol–water partition coefficient (Wildman–Crippen LogP) is 1.27. The number of amides is 2. The van der Waals surface area contributed by atoms with Crippen LogP contribution in [0.25, 0.3) is 0 Å². The fourth-order valence-electron chi connectivity index (χ4n) is 2.79. The molecule has 10 nitrogen and oxygen atoms in total. The highest BCUT2D eigenvalue weighted by molar-refractivity contribution is 9.10. The number of carbonyl (C=O) groups is 3. The standard InChI is InChI=1S/C21H24BrN5O5/c1-2-32-20(31)18(29)17(12-5-3-7-14(22)9-12)27-16(28)11-25-19(30)13-6-4-8-15(10-13)26-21(23)24/h3-10,17-18,29H,2,11H2,1H3,(H,25,30)(H,27,28)(H4,23,24,26). The molecular weight excluding hydrogens is 482 g/mol. The fraction of sp³-hybridized carbons (Fsp3) is 0.238. The van der Waals surface area contributed by atoms with E-state index in [9.17, 15) is 19.5 Å². The molecule has 0 bridgehead atoms. The van der Waals surface area contributed by atoms with Crippen molar-refractivity contribution in [3.05, 3.63) is 64.1 Å². The van der Waals surface area contributed by atoms with Crippen LogP contribution in [-0.2, 0) is 14.3 Å². The summed E-state index contributed by atoms with van der Waals surface area (Å²) in [5.41, 5.74) is 6.45. The Morgan fingerprint density at radius 2 is 1.91 bits per heavy atom. The molecule has 11 heteroatoms. The molecule has 0 spiro atoms. The van der Waals surface area contributed by atoms with Crippen molar-refractivity contribution in [3.63, 3.8) is 0 Å². The van der Waals surface area contributed by atoms with Gasteiger partial charge in [-0.15, -0.1) is 0 Å². The minimum Gasteiger partial charge on any atom is -0.464 e. The minimum atomic E-state index is -1.64. The summed E-state index contributed by atoms with van der Waals surface area (Å²) in [5, 5.41) is 25.3. The topological polar surface area (TPSA) is 167 Å². The number of anilines is 1. The highest BCUT2D eigenvalue weighted by atomic mass is 79.9. The lowest BCUT2D eigenvalue weighted by molar-refractivity contribution is -0.155. The number of esters is 1. The van der Waals surface area contributed by atoms with Crippen molar-refractivity contribution >= 4 is 45.4 Å². The van der Waals surface area contributed by atoms with E-state index < -0.39 is 36.5 Å². The number of aliphatic hydroxyl groups excluding tert-OH is 1. The molecule has 0 saturated heterocycles. The fourth-order valence-corrected chi connectivity index (χ4v) is 3.21. The number of ether oxygens (including phenoxy) is 1. The first-order valence-electron chi connectivity index (χ1n) is 9.60. The third-order valence-corrected chi connectivity index (χ3v) is 4.67. The summed E-state index contributed by atoms with van der Waals surface area (Å²) in [4.78, 5) is 36.9. The molecule has 0 aliphatic heterocycles. The van der Waals surface area contributed by atoms with E-state index in [4.69, 9.17) is 15.9 Å². The van der Waals surface area contributed by atoms with Gasteiger partial charge in [-0.2, -0.15) is 0 Å². The first-order valence-corrected chi connectivity index (χ1v) is 10.4. The molecule has 2 amide bonds. The van der Waals surface area contributed by atoms with E-state index in [2.05, 4.69) is 31.9 Å². The zero-order chi connectivity index (χ0) is 23.7. The van der Waals surface area contributed by atoms with Crippen LogP contribution in [0.4, 0.5) is 5.69 Å². The molecule has 32 heavy (non-hydrogen) atoms. The first-order chi connectivity index (χ1) is 15.2. The van der Waals surface area contributed by atoms with Gasteiger partial charge in [-0.3, -0.25) is 15.0 Å². The molecule has 2 atom stereocenters. The Morgan fingerprint density at radius 3 is 2.56 bits per heavy atom. The van der Waals surface area contributed by atoms with Crippen LogP contribution in [0.3, 0.4) is 0 Å². The van der Waals surface area contributed by atoms with Gasteiger partial charge in [-0.25, -0.2) is 4.79 Å². The summed E-state index contributed by atoms with van der Waals surface area (Å²) < 4.78 is 5.55. The second-order valence-corrected chi connectivity index (χ2v) is 7.51. The Bertz CT molecular complexity index is 1000. The molecule has 2 aromatic rings. The van der Waals surface area contributed by atoms with Gasteiger partial charge in [-0.05, 0) is 42.8 Å². The van der Waals surface area contributed by atoms with Gasteiger partial charge in [0.2, 0.25) is 5.91 Å². The summed E-state index contributed by atoms with van der Waals surface area (Å²) in [6, 6.07) is 11.9. The Kier molecular flexibility index (Phi) is 9.17. The average molecular weight is 506 g/mol. The summed E-state index contributed by atoms with van der Waals surface area (Å²) in [5.74, 6) is -2.31. The lowest BCUT2D eigenvalue weighted by Gasteiger charge is -2.23. The Labute approximate surface area is 193 Å². The van der Waals surface area contributed by atoms with Crippen LogP contribution in [0.15, 0.2) is 53.0 Å². The van der Waals surface area contributed by atoms with E-state index in [1.165, 1.54) is 12.1 Å². The zero-order valence-electron chi connectivity index (χ0n) is 17.2. The molecule has 0 saturated carbocycles. The predicted molar refractivity (Wildman–Crippen MR) is 122 cm³/mol. The molecule has 170 valence electrons. The molecule has 2 aromatic carbocycles. The zero-order valence-corrected chi connectivity index (χ0v) is 18.8. The summed E-state index contributed by atoms with van der Waals surface area (Å²) in [7, 11) is 0. The highest BCUT2D eigenvalue weighted by Gasteiger charge is 2.30. The van der Waals surface area contributed by atoms with Gasteiger partial charge in [0.25, 0.3) is 5.91 Å². The largest absolute Gasteiger partial charge is 0.464 e. The van der Waals surface area contributed by atoms with Crippen molar-refractivity contribution in [2.45, 2.75) is 19.1 Å². The molecule has 0 aromatic heterocycles. The van der Waals surface area contributed by atoms with Crippen LogP contribution in [0.5, 0.6) is 0 Å². The maximum atomic E-state index is 12.5. The van der Waals surface area contributed by atoms with Crippen molar-refractivity contribution in [2.75, 3.05) is 18.5 Å². The van der Waals surface area contributed by atoms with E-state index >= 15 is 0 Å². The third kappa shape index (κ3) is 7.36. The van der Waals surface area contributed by atoms with Crippen molar-refractivity contribution in [1.82, 2.24) is 10.6 Å². The van der Waals surface area contributed by atoms with Gasteiger partial charge in [0, 0.05) is 15.7 Å². The molecule has 0 heterocycles. The van der Waals surface area contributed by atoms with E-state index in [0.717, 1.165) is 0 Å². The van der Waals surface area contributed by atoms with E-state index in [0.29, 0.717) is 15.7 Å².